The van der Waals surface area contributed by atoms with Gasteiger partial charge in [0.15, 0.2) is 5.82 Å². The van der Waals surface area contributed by atoms with Crippen LogP contribution in [0.1, 0.15) is 57.3 Å². The third kappa shape index (κ3) is 7.24. The molecule has 0 radical (unpaired) electrons. The topological polar surface area (TPSA) is 112 Å². The number of ether oxygens (including phenoxy) is 1. The summed E-state index contributed by atoms with van der Waals surface area (Å²) in [5, 5.41) is 0. The lowest BCUT2D eigenvalue weighted by Gasteiger charge is -2.12. The lowest BCUT2D eigenvalue weighted by Crippen LogP contribution is -2.26. The second kappa shape index (κ2) is 11.5. The summed E-state index contributed by atoms with van der Waals surface area (Å²) in [6.45, 7) is 6.06. The van der Waals surface area contributed by atoms with E-state index in [0.717, 1.165) is 48.8 Å². The lowest BCUT2D eigenvalue weighted by atomic mass is 10.1. The average Bonchev–Trinajstić information content (AvgIpc) is 3.02. The van der Waals surface area contributed by atoms with Gasteiger partial charge in [0, 0.05) is 25.7 Å². The summed E-state index contributed by atoms with van der Waals surface area (Å²) in [5.74, 6) is 1.46. The van der Waals surface area contributed by atoms with Crippen LogP contribution in [0.4, 0.5) is 5.82 Å². The Labute approximate surface area is 174 Å². The predicted octanol–water partition coefficient (Wildman–Crippen LogP) is 2.65. The van der Waals surface area contributed by atoms with Crippen molar-refractivity contribution in [2.24, 2.45) is 0 Å². The van der Waals surface area contributed by atoms with Crippen LogP contribution in [0.2, 0.25) is 0 Å². The summed E-state index contributed by atoms with van der Waals surface area (Å²) in [6, 6.07) is 0. The van der Waals surface area contributed by atoms with Crippen molar-refractivity contribution >= 4 is 26.9 Å². The second-order valence-corrected chi connectivity index (χ2v) is 9.22. The zero-order valence-electron chi connectivity index (χ0n) is 17.9. The number of nitrogen functional groups attached to an aromatic ring is 1. The van der Waals surface area contributed by atoms with E-state index in [4.69, 9.17) is 15.5 Å². The number of unbranched alkanes of at least 4 members (excludes halogenated alkanes) is 3. The first-order valence-corrected chi connectivity index (χ1v) is 12.4. The smallest absolute Gasteiger partial charge is 0.208 e. The number of aryl methyl sites for hydroxylation is 2. The molecule has 0 fully saturated rings. The molecule has 2 rings (SSSR count). The highest BCUT2D eigenvalue weighted by Gasteiger charge is 2.17. The third-order valence-corrected chi connectivity index (χ3v) is 5.52. The van der Waals surface area contributed by atoms with Crippen molar-refractivity contribution in [3.8, 4) is 0 Å². The number of imidazole rings is 1. The van der Waals surface area contributed by atoms with Crippen LogP contribution in [0.25, 0.3) is 11.0 Å². The first-order chi connectivity index (χ1) is 13.9. The molecule has 0 aliphatic carbocycles. The van der Waals surface area contributed by atoms with Gasteiger partial charge < -0.3 is 15.0 Å². The van der Waals surface area contributed by atoms with E-state index < -0.39 is 10.0 Å². The highest BCUT2D eigenvalue weighted by Crippen LogP contribution is 2.26. The van der Waals surface area contributed by atoms with E-state index in [1.807, 2.05) is 6.20 Å². The molecule has 9 heteroatoms. The van der Waals surface area contributed by atoms with Crippen LogP contribution >= 0.6 is 0 Å². The Kier molecular flexibility index (Phi) is 9.32. The van der Waals surface area contributed by atoms with E-state index in [1.165, 1.54) is 24.8 Å². The van der Waals surface area contributed by atoms with Crippen molar-refractivity contribution in [1.82, 2.24) is 19.3 Å². The molecule has 2 heterocycles. The Morgan fingerprint density at radius 1 is 1.14 bits per heavy atom. The number of aromatic nitrogens is 3. The van der Waals surface area contributed by atoms with Gasteiger partial charge in [0.25, 0.3) is 0 Å². The normalized spacial score (nSPS) is 12.1. The molecule has 2 aromatic rings. The van der Waals surface area contributed by atoms with Gasteiger partial charge in [-0.15, -0.1) is 0 Å². The fraction of sp³-hybridized carbons (Fsp3) is 0.700. The fourth-order valence-electron chi connectivity index (χ4n) is 3.41. The molecule has 164 valence electrons. The molecule has 8 nitrogen and oxygen atoms in total. The molecule has 29 heavy (non-hydrogen) atoms. The minimum absolute atomic E-state index is 0.269. The number of pyridine rings is 1. The molecule has 0 saturated heterocycles. The molecule has 0 bridgehead atoms. The number of fused-ring (bicyclic) bond motifs is 1. The van der Waals surface area contributed by atoms with Crippen LogP contribution in [0.5, 0.6) is 0 Å². The zero-order chi connectivity index (χ0) is 21.3. The van der Waals surface area contributed by atoms with Gasteiger partial charge in [0.1, 0.15) is 11.3 Å². The van der Waals surface area contributed by atoms with E-state index in [1.54, 1.807) is 0 Å². The fourth-order valence-corrected chi connectivity index (χ4v) is 3.86. The molecule has 0 spiro atoms. The number of rotatable bonds is 14. The minimum atomic E-state index is -3.19. The van der Waals surface area contributed by atoms with Gasteiger partial charge in [-0.3, -0.25) is 0 Å². The van der Waals surface area contributed by atoms with E-state index in [-0.39, 0.29) is 6.54 Å². The maximum atomic E-state index is 11.1. The van der Waals surface area contributed by atoms with E-state index >= 15 is 0 Å². The summed E-state index contributed by atoms with van der Waals surface area (Å²) in [6.07, 6.45) is 10.6. The van der Waals surface area contributed by atoms with Gasteiger partial charge in [-0.1, -0.05) is 33.1 Å². The van der Waals surface area contributed by atoms with Crippen LogP contribution in [0.15, 0.2) is 6.20 Å². The SMILES string of the molecule is CCCCCCc1cnc(N)c2nc(CCC)n(CCOCCNS(C)(=O)=O)c12. The Morgan fingerprint density at radius 2 is 1.93 bits per heavy atom. The number of nitrogens with one attached hydrogen (secondary N) is 1. The van der Waals surface area contributed by atoms with Crippen LogP contribution < -0.4 is 10.5 Å². The average molecular weight is 426 g/mol. The van der Waals surface area contributed by atoms with Gasteiger partial charge >= 0.3 is 0 Å². The Balaban J connectivity index is 2.14. The molecule has 0 saturated carbocycles. The van der Waals surface area contributed by atoms with Gasteiger partial charge in [0.05, 0.1) is 25.0 Å². The summed E-state index contributed by atoms with van der Waals surface area (Å²) < 4.78 is 32.5. The highest BCUT2D eigenvalue weighted by atomic mass is 32.2. The van der Waals surface area contributed by atoms with Crippen LogP contribution in [0, 0.1) is 0 Å². The first-order valence-electron chi connectivity index (χ1n) is 10.5. The number of anilines is 1. The van der Waals surface area contributed by atoms with E-state index in [9.17, 15) is 8.42 Å². The van der Waals surface area contributed by atoms with Crippen molar-refractivity contribution in [2.75, 3.05) is 31.7 Å². The number of hydrogen-bond acceptors (Lipinski definition) is 6. The quantitative estimate of drug-likeness (QED) is 0.450. The summed E-state index contributed by atoms with van der Waals surface area (Å²) in [5.41, 5.74) is 9.15. The molecular formula is C20H35N5O3S. The lowest BCUT2D eigenvalue weighted by molar-refractivity contribution is 0.131. The number of sulfonamides is 1. The largest absolute Gasteiger partial charge is 0.382 e. The molecule has 0 aliphatic rings. The van der Waals surface area contributed by atoms with E-state index in [2.05, 4.69) is 28.1 Å². The van der Waals surface area contributed by atoms with Crippen LogP contribution in [0.3, 0.4) is 0 Å². The Morgan fingerprint density at radius 3 is 2.62 bits per heavy atom. The third-order valence-electron chi connectivity index (χ3n) is 4.80. The number of nitrogens with two attached hydrogens (primary N) is 1. The molecule has 0 aromatic carbocycles. The van der Waals surface area contributed by atoms with Gasteiger partial charge in [-0.25, -0.2) is 23.1 Å². The molecule has 0 unspecified atom stereocenters. The van der Waals surface area contributed by atoms with Gasteiger partial charge in [-0.05, 0) is 24.8 Å². The summed E-state index contributed by atoms with van der Waals surface area (Å²) >= 11 is 0. The molecule has 0 aliphatic heterocycles. The van der Waals surface area contributed by atoms with Gasteiger partial charge in [0.2, 0.25) is 10.0 Å². The molecule has 3 N–H and O–H groups in total. The molecular weight excluding hydrogens is 390 g/mol. The number of hydrogen-bond donors (Lipinski definition) is 2. The van der Waals surface area contributed by atoms with Crippen LogP contribution in [-0.2, 0) is 34.1 Å². The van der Waals surface area contributed by atoms with Crippen molar-refractivity contribution in [2.45, 2.75) is 65.3 Å². The van der Waals surface area contributed by atoms with Crippen molar-refractivity contribution in [1.29, 1.82) is 0 Å². The van der Waals surface area contributed by atoms with E-state index in [0.29, 0.717) is 25.6 Å². The maximum Gasteiger partial charge on any atom is 0.208 e. The Hall–Kier alpha value is -1.71. The Bertz CT molecular complexity index is 880. The standard InChI is InChI=1S/C20H35N5O3S/c1-4-6-7-8-10-16-15-22-20(21)18-19(16)25(17(24-18)9-5-2)12-14-28-13-11-23-29(3,26)27/h15,23H,4-14H2,1-3H3,(H2,21,22). The van der Waals surface area contributed by atoms with Gasteiger partial charge in [-0.2, -0.15) is 0 Å². The summed E-state index contributed by atoms with van der Waals surface area (Å²) in [4.78, 5) is 9.15. The van der Waals surface area contributed by atoms with Crippen molar-refractivity contribution in [3.63, 3.8) is 0 Å². The number of nitrogens with zero attached hydrogens (tertiary/aromatic N) is 3. The van der Waals surface area contributed by atoms with Crippen molar-refractivity contribution in [3.05, 3.63) is 17.6 Å². The predicted molar refractivity (Wildman–Crippen MR) is 117 cm³/mol. The maximum absolute atomic E-state index is 11.1. The highest BCUT2D eigenvalue weighted by molar-refractivity contribution is 7.88. The summed E-state index contributed by atoms with van der Waals surface area (Å²) in [7, 11) is -3.19. The monoisotopic (exact) mass is 425 g/mol. The minimum Gasteiger partial charge on any atom is -0.382 e. The molecule has 2 aromatic heterocycles. The molecule has 0 amide bonds. The van der Waals surface area contributed by atoms with Crippen molar-refractivity contribution < 1.29 is 13.2 Å². The molecule has 0 atom stereocenters. The second-order valence-electron chi connectivity index (χ2n) is 7.39. The zero-order valence-corrected chi connectivity index (χ0v) is 18.7. The van der Waals surface area contributed by atoms with Crippen LogP contribution in [-0.4, -0.2) is 49.0 Å². The first kappa shape index (κ1) is 23.6.